The highest BCUT2D eigenvalue weighted by Crippen LogP contribution is 2.40. The van der Waals surface area contributed by atoms with Gasteiger partial charge in [-0.15, -0.1) is 0 Å². The summed E-state index contributed by atoms with van der Waals surface area (Å²) < 4.78 is 1.20. The molecule has 5 rings (SSSR count). The molecule has 0 heterocycles. The van der Waals surface area contributed by atoms with Crippen LogP contribution >= 0.6 is 34.2 Å². The lowest BCUT2D eigenvalue weighted by atomic mass is 9.94. The second-order valence-corrected chi connectivity index (χ2v) is 8.43. The van der Waals surface area contributed by atoms with Gasteiger partial charge >= 0.3 is 0 Å². The van der Waals surface area contributed by atoms with Crippen LogP contribution in [0.1, 0.15) is 0 Å². The van der Waals surface area contributed by atoms with Crippen LogP contribution in [0.25, 0.3) is 43.8 Å². The number of benzene rings is 5. The summed E-state index contributed by atoms with van der Waals surface area (Å²) in [7, 11) is 0. The van der Waals surface area contributed by atoms with Crippen molar-refractivity contribution >= 4 is 55.7 Å². The first-order valence-electron chi connectivity index (χ1n) is 9.18. The molecule has 0 amide bonds. The third-order valence-electron chi connectivity index (χ3n) is 5.22. The van der Waals surface area contributed by atoms with Crippen molar-refractivity contribution in [1.82, 2.24) is 0 Å². The Balaban J connectivity index is 1.73. The zero-order chi connectivity index (χ0) is 19.1. The molecule has 5 aromatic rings. The predicted molar refractivity (Wildman–Crippen MR) is 130 cm³/mol. The minimum Gasteiger partial charge on any atom is -0.0836 e. The van der Waals surface area contributed by atoms with Gasteiger partial charge in [0.1, 0.15) is 0 Å². The fraction of sp³-hybridized carbons (Fsp3) is 0. The standard InChI is InChI=1S/C26H16ClI/c27-25-15-24(22-14-6-10-18-8-2-4-12-20(18)22)26(28)16-23(25)21-13-5-9-17-7-1-3-11-19(17)21/h1-16H. The molecule has 0 bridgehead atoms. The van der Waals surface area contributed by atoms with Crippen molar-refractivity contribution in [3.8, 4) is 22.3 Å². The minimum atomic E-state index is 0.778. The Morgan fingerprint density at radius 2 is 1.00 bits per heavy atom. The van der Waals surface area contributed by atoms with Crippen LogP contribution in [-0.2, 0) is 0 Å². The van der Waals surface area contributed by atoms with Gasteiger partial charge in [0.2, 0.25) is 0 Å². The highest BCUT2D eigenvalue weighted by Gasteiger charge is 2.14. The Morgan fingerprint density at radius 1 is 0.500 bits per heavy atom. The zero-order valence-electron chi connectivity index (χ0n) is 15.0. The van der Waals surface area contributed by atoms with Crippen molar-refractivity contribution < 1.29 is 0 Å². The Bertz CT molecular complexity index is 1220. The van der Waals surface area contributed by atoms with Gasteiger partial charge in [0.05, 0.1) is 0 Å². The fourth-order valence-electron chi connectivity index (χ4n) is 3.88. The molecule has 0 atom stereocenters. The molecule has 0 saturated heterocycles. The van der Waals surface area contributed by atoms with Gasteiger partial charge in [-0.25, -0.2) is 0 Å². The first-order chi connectivity index (χ1) is 13.7. The van der Waals surface area contributed by atoms with E-state index in [9.17, 15) is 0 Å². The van der Waals surface area contributed by atoms with Gasteiger partial charge in [-0.2, -0.15) is 0 Å². The molecule has 0 nitrogen and oxygen atoms in total. The molecule has 0 aliphatic carbocycles. The van der Waals surface area contributed by atoms with E-state index < -0.39 is 0 Å². The Labute approximate surface area is 182 Å². The maximum atomic E-state index is 6.83. The largest absolute Gasteiger partial charge is 0.0836 e. The van der Waals surface area contributed by atoms with E-state index in [1.807, 2.05) is 0 Å². The molecular weight excluding hydrogens is 475 g/mol. The summed E-state index contributed by atoms with van der Waals surface area (Å²) in [5, 5.41) is 5.71. The van der Waals surface area contributed by atoms with Crippen LogP contribution in [-0.4, -0.2) is 0 Å². The molecule has 134 valence electrons. The van der Waals surface area contributed by atoms with Gasteiger partial charge in [-0.05, 0) is 73.0 Å². The maximum absolute atomic E-state index is 6.83. The van der Waals surface area contributed by atoms with Crippen LogP contribution in [0, 0.1) is 3.57 Å². The molecule has 0 N–H and O–H groups in total. The van der Waals surface area contributed by atoms with Crippen LogP contribution in [0.3, 0.4) is 0 Å². The quantitative estimate of drug-likeness (QED) is 0.217. The molecule has 0 fully saturated rings. The predicted octanol–water partition coefficient (Wildman–Crippen LogP) is 8.59. The van der Waals surface area contributed by atoms with Crippen LogP contribution < -0.4 is 0 Å². The number of rotatable bonds is 2. The van der Waals surface area contributed by atoms with Crippen LogP contribution in [0.15, 0.2) is 97.1 Å². The van der Waals surface area contributed by atoms with Gasteiger partial charge in [-0.3, -0.25) is 0 Å². The lowest BCUT2D eigenvalue weighted by Crippen LogP contribution is -1.90. The van der Waals surface area contributed by atoms with Gasteiger partial charge in [0, 0.05) is 14.2 Å². The van der Waals surface area contributed by atoms with Crippen molar-refractivity contribution in [2.45, 2.75) is 0 Å². The molecule has 28 heavy (non-hydrogen) atoms. The summed E-state index contributed by atoms with van der Waals surface area (Å²) in [5.41, 5.74) is 4.64. The van der Waals surface area contributed by atoms with E-state index in [0.29, 0.717) is 0 Å². The summed E-state index contributed by atoms with van der Waals surface area (Å²) in [4.78, 5) is 0. The van der Waals surface area contributed by atoms with E-state index >= 15 is 0 Å². The van der Waals surface area contributed by atoms with E-state index in [4.69, 9.17) is 11.6 Å². The van der Waals surface area contributed by atoms with E-state index in [0.717, 1.165) is 10.6 Å². The van der Waals surface area contributed by atoms with Crippen LogP contribution in [0.2, 0.25) is 5.02 Å². The SMILES string of the molecule is Clc1cc(-c2cccc3ccccc23)c(I)cc1-c1cccc2ccccc12. The van der Waals surface area contributed by atoms with E-state index in [-0.39, 0.29) is 0 Å². The highest BCUT2D eigenvalue weighted by molar-refractivity contribution is 14.1. The summed E-state index contributed by atoms with van der Waals surface area (Å²) >= 11 is 9.26. The Morgan fingerprint density at radius 3 is 1.61 bits per heavy atom. The van der Waals surface area contributed by atoms with Gasteiger partial charge < -0.3 is 0 Å². The molecule has 0 radical (unpaired) electrons. The number of hydrogen-bond acceptors (Lipinski definition) is 0. The molecule has 0 spiro atoms. The normalized spacial score (nSPS) is 11.2. The summed E-state index contributed by atoms with van der Waals surface area (Å²) in [5.74, 6) is 0. The zero-order valence-corrected chi connectivity index (χ0v) is 17.9. The highest BCUT2D eigenvalue weighted by atomic mass is 127. The minimum absolute atomic E-state index is 0.778. The summed E-state index contributed by atoms with van der Waals surface area (Å²) in [6, 6.07) is 34.1. The molecule has 0 aromatic heterocycles. The van der Waals surface area contributed by atoms with Crippen LogP contribution in [0.5, 0.6) is 0 Å². The third kappa shape index (κ3) is 2.99. The van der Waals surface area contributed by atoms with Crippen LogP contribution in [0.4, 0.5) is 0 Å². The first-order valence-corrected chi connectivity index (χ1v) is 10.6. The lowest BCUT2D eigenvalue weighted by molar-refractivity contribution is 1.58. The molecule has 0 aliphatic heterocycles. The molecule has 0 saturated carbocycles. The van der Waals surface area contributed by atoms with Crippen molar-refractivity contribution in [2.24, 2.45) is 0 Å². The van der Waals surface area contributed by atoms with Crippen molar-refractivity contribution in [3.63, 3.8) is 0 Å². The summed E-state index contributed by atoms with van der Waals surface area (Å²) in [6.45, 7) is 0. The molecule has 0 unspecified atom stereocenters. The van der Waals surface area contributed by atoms with Crippen molar-refractivity contribution in [3.05, 3.63) is 106 Å². The van der Waals surface area contributed by atoms with Gasteiger partial charge in [0.25, 0.3) is 0 Å². The smallest absolute Gasteiger partial charge is 0.0491 e. The monoisotopic (exact) mass is 490 g/mol. The fourth-order valence-corrected chi connectivity index (χ4v) is 4.90. The topological polar surface area (TPSA) is 0 Å². The lowest BCUT2D eigenvalue weighted by Gasteiger charge is -2.14. The average Bonchev–Trinajstić information content (AvgIpc) is 2.74. The third-order valence-corrected chi connectivity index (χ3v) is 6.42. The Hall–Kier alpha value is -2.36. The Kier molecular flexibility index (Phi) is 4.58. The van der Waals surface area contributed by atoms with E-state index in [1.165, 1.54) is 41.8 Å². The number of fused-ring (bicyclic) bond motifs is 2. The second-order valence-electron chi connectivity index (χ2n) is 6.87. The van der Waals surface area contributed by atoms with E-state index in [1.54, 1.807) is 0 Å². The van der Waals surface area contributed by atoms with E-state index in [2.05, 4.69) is 120 Å². The van der Waals surface area contributed by atoms with Gasteiger partial charge in [0.15, 0.2) is 0 Å². The van der Waals surface area contributed by atoms with Gasteiger partial charge in [-0.1, -0.05) is 96.5 Å². The number of hydrogen-bond donors (Lipinski definition) is 0. The van der Waals surface area contributed by atoms with Crippen molar-refractivity contribution in [2.75, 3.05) is 0 Å². The summed E-state index contributed by atoms with van der Waals surface area (Å²) in [6.07, 6.45) is 0. The maximum Gasteiger partial charge on any atom is 0.0491 e. The number of halogens is 2. The average molecular weight is 491 g/mol. The molecule has 0 aliphatic rings. The molecule has 5 aromatic carbocycles. The second kappa shape index (κ2) is 7.23. The van der Waals surface area contributed by atoms with Crippen molar-refractivity contribution in [1.29, 1.82) is 0 Å². The molecule has 2 heteroatoms. The first kappa shape index (κ1) is 17.7. The molecular formula is C26H16ClI.